The van der Waals surface area contributed by atoms with Crippen LogP contribution in [0.4, 0.5) is 0 Å². The minimum absolute atomic E-state index is 0.110. The van der Waals surface area contributed by atoms with Gasteiger partial charge in [0.15, 0.2) is 0 Å². The summed E-state index contributed by atoms with van der Waals surface area (Å²) in [6, 6.07) is 5.53. The number of aliphatic hydroxyl groups excluding tert-OH is 1. The van der Waals surface area contributed by atoms with Crippen LogP contribution in [0.2, 0.25) is 0 Å². The van der Waals surface area contributed by atoms with Crippen molar-refractivity contribution in [1.29, 1.82) is 0 Å². The monoisotopic (exact) mass is 295 g/mol. The highest BCUT2D eigenvalue weighted by atomic mass is 16.5. The molecule has 0 fully saturated rings. The molecule has 0 amide bonds. The van der Waals surface area contributed by atoms with Crippen LogP contribution in [0.3, 0.4) is 0 Å². The van der Waals surface area contributed by atoms with Gasteiger partial charge in [-0.15, -0.1) is 0 Å². The Morgan fingerprint density at radius 1 is 1.19 bits per heavy atom. The molecule has 0 aromatic heterocycles. The molecular formula is C17H29NO3. The van der Waals surface area contributed by atoms with E-state index < -0.39 is 6.10 Å². The third-order valence-electron chi connectivity index (χ3n) is 3.80. The standard InChI is InChI=1S/C17H29NO3/c1-7-18(17(2,3)4)11-10-15(19)14-9-8-13(20-5)12-16(14)21-6/h8-9,12,15,19H,7,10-11H2,1-6H3. The molecule has 4 heteroatoms. The van der Waals surface area contributed by atoms with Crippen LogP contribution in [0, 0.1) is 0 Å². The number of rotatable bonds is 7. The van der Waals surface area contributed by atoms with Crippen LogP contribution in [-0.2, 0) is 0 Å². The number of hydrogen-bond donors (Lipinski definition) is 1. The molecule has 0 spiro atoms. The zero-order chi connectivity index (χ0) is 16.0. The molecule has 1 unspecified atom stereocenters. The van der Waals surface area contributed by atoms with Gasteiger partial charge < -0.3 is 14.6 Å². The summed E-state index contributed by atoms with van der Waals surface area (Å²) >= 11 is 0. The minimum atomic E-state index is -0.540. The molecule has 1 aromatic rings. The Hall–Kier alpha value is -1.26. The van der Waals surface area contributed by atoms with E-state index in [-0.39, 0.29) is 5.54 Å². The van der Waals surface area contributed by atoms with Gasteiger partial charge in [0, 0.05) is 23.7 Å². The molecule has 1 aromatic carbocycles. The summed E-state index contributed by atoms with van der Waals surface area (Å²) in [5.74, 6) is 1.40. The fraction of sp³-hybridized carbons (Fsp3) is 0.647. The molecule has 0 aliphatic rings. The van der Waals surface area contributed by atoms with Crippen LogP contribution in [0.5, 0.6) is 11.5 Å². The number of nitrogens with zero attached hydrogens (tertiary/aromatic N) is 1. The molecule has 1 N–H and O–H groups in total. The molecule has 0 saturated carbocycles. The van der Waals surface area contributed by atoms with E-state index in [2.05, 4.69) is 32.6 Å². The van der Waals surface area contributed by atoms with E-state index in [4.69, 9.17) is 9.47 Å². The van der Waals surface area contributed by atoms with Crippen molar-refractivity contribution in [1.82, 2.24) is 4.90 Å². The van der Waals surface area contributed by atoms with Crippen LogP contribution in [0.1, 0.15) is 45.8 Å². The van der Waals surface area contributed by atoms with Gasteiger partial charge in [0.25, 0.3) is 0 Å². The van der Waals surface area contributed by atoms with Crippen molar-refractivity contribution >= 4 is 0 Å². The van der Waals surface area contributed by atoms with E-state index in [0.29, 0.717) is 12.2 Å². The van der Waals surface area contributed by atoms with E-state index in [0.717, 1.165) is 24.4 Å². The van der Waals surface area contributed by atoms with Gasteiger partial charge in [-0.05, 0) is 45.9 Å². The number of hydrogen-bond acceptors (Lipinski definition) is 4. The lowest BCUT2D eigenvalue weighted by Gasteiger charge is -2.35. The summed E-state index contributed by atoms with van der Waals surface area (Å²) in [4.78, 5) is 2.35. The van der Waals surface area contributed by atoms with E-state index in [1.165, 1.54) is 0 Å². The topological polar surface area (TPSA) is 41.9 Å². The Kier molecular flexibility index (Phi) is 6.49. The Morgan fingerprint density at radius 3 is 2.33 bits per heavy atom. The van der Waals surface area contributed by atoms with E-state index in [9.17, 15) is 5.11 Å². The molecule has 0 bridgehead atoms. The summed E-state index contributed by atoms with van der Waals surface area (Å²) in [6.45, 7) is 10.5. The van der Waals surface area contributed by atoms with Crippen molar-refractivity contribution < 1.29 is 14.6 Å². The molecule has 1 atom stereocenters. The average Bonchev–Trinajstić information content (AvgIpc) is 2.45. The minimum Gasteiger partial charge on any atom is -0.497 e. The van der Waals surface area contributed by atoms with Gasteiger partial charge in [0.05, 0.1) is 20.3 Å². The van der Waals surface area contributed by atoms with Crippen molar-refractivity contribution in [2.24, 2.45) is 0 Å². The fourth-order valence-corrected chi connectivity index (χ4v) is 2.50. The first kappa shape index (κ1) is 17.8. The summed E-state index contributed by atoms with van der Waals surface area (Å²) in [7, 11) is 3.23. The average molecular weight is 295 g/mol. The number of ether oxygens (including phenoxy) is 2. The highest BCUT2D eigenvalue weighted by Gasteiger charge is 2.21. The summed E-state index contributed by atoms with van der Waals surface area (Å²) < 4.78 is 10.5. The Morgan fingerprint density at radius 2 is 1.86 bits per heavy atom. The Labute approximate surface area is 128 Å². The number of aliphatic hydroxyl groups is 1. The van der Waals surface area contributed by atoms with Crippen molar-refractivity contribution in [2.75, 3.05) is 27.3 Å². The van der Waals surface area contributed by atoms with Crippen molar-refractivity contribution in [3.63, 3.8) is 0 Å². The lowest BCUT2D eigenvalue weighted by molar-refractivity contribution is 0.0984. The van der Waals surface area contributed by atoms with Crippen molar-refractivity contribution in [2.45, 2.75) is 45.8 Å². The van der Waals surface area contributed by atoms with Gasteiger partial charge in [-0.3, -0.25) is 4.90 Å². The Bertz CT molecular complexity index is 440. The van der Waals surface area contributed by atoms with Gasteiger partial charge in [0.1, 0.15) is 11.5 Å². The molecular weight excluding hydrogens is 266 g/mol. The first-order valence-corrected chi connectivity index (χ1v) is 7.48. The second-order valence-corrected chi connectivity index (χ2v) is 6.16. The van der Waals surface area contributed by atoms with Crippen LogP contribution < -0.4 is 9.47 Å². The van der Waals surface area contributed by atoms with Crippen LogP contribution in [0.25, 0.3) is 0 Å². The predicted molar refractivity (Wildman–Crippen MR) is 86.1 cm³/mol. The van der Waals surface area contributed by atoms with Gasteiger partial charge >= 0.3 is 0 Å². The largest absolute Gasteiger partial charge is 0.497 e. The summed E-state index contributed by atoms with van der Waals surface area (Å²) in [5.41, 5.74) is 0.918. The lowest BCUT2D eigenvalue weighted by Crippen LogP contribution is -2.42. The second-order valence-electron chi connectivity index (χ2n) is 6.16. The van der Waals surface area contributed by atoms with Gasteiger partial charge in [-0.25, -0.2) is 0 Å². The van der Waals surface area contributed by atoms with Gasteiger partial charge in [-0.1, -0.05) is 6.92 Å². The van der Waals surface area contributed by atoms with E-state index >= 15 is 0 Å². The Balaban J connectivity index is 2.77. The third-order valence-corrected chi connectivity index (χ3v) is 3.80. The van der Waals surface area contributed by atoms with Crippen LogP contribution in [-0.4, -0.2) is 42.9 Å². The lowest BCUT2D eigenvalue weighted by atomic mass is 10.0. The first-order valence-electron chi connectivity index (χ1n) is 7.48. The first-order chi connectivity index (χ1) is 9.83. The fourth-order valence-electron chi connectivity index (χ4n) is 2.50. The van der Waals surface area contributed by atoms with Crippen LogP contribution >= 0.6 is 0 Å². The summed E-state index contributed by atoms with van der Waals surface area (Å²) in [6.07, 6.45) is 0.135. The maximum Gasteiger partial charge on any atom is 0.128 e. The SMILES string of the molecule is CCN(CCC(O)c1ccc(OC)cc1OC)C(C)(C)C. The molecule has 0 aliphatic heterocycles. The van der Waals surface area contributed by atoms with E-state index in [1.807, 2.05) is 12.1 Å². The normalized spacial score (nSPS) is 13.3. The molecule has 0 saturated heterocycles. The maximum atomic E-state index is 10.5. The molecule has 0 heterocycles. The zero-order valence-electron chi connectivity index (χ0n) is 14.1. The quantitative estimate of drug-likeness (QED) is 0.838. The molecule has 0 aliphatic carbocycles. The summed E-state index contributed by atoms with van der Waals surface area (Å²) in [5, 5.41) is 10.5. The predicted octanol–water partition coefficient (Wildman–Crippen LogP) is 3.25. The van der Waals surface area contributed by atoms with Crippen molar-refractivity contribution in [3.8, 4) is 11.5 Å². The smallest absolute Gasteiger partial charge is 0.128 e. The highest BCUT2D eigenvalue weighted by Crippen LogP contribution is 2.31. The third kappa shape index (κ3) is 4.90. The number of benzene rings is 1. The van der Waals surface area contributed by atoms with E-state index in [1.54, 1.807) is 20.3 Å². The zero-order valence-corrected chi connectivity index (χ0v) is 14.1. The maximum absolute atomic E-state index is 10.5. The van der Waals surface area contributed by atoms with Gasteiger partial charge in [0.2, 0.25) is 0 Å². The number of methoxy groups -OCH3 is 2. The van der Waals surface area contributed by atoms with Crippen LogP contribution in [0.15, 0.2) is 18.2 Å². The highest BCUT2D eigenvalue weighted by molar-refractivity contribution is 5.41. The van der Waals surface area contributed by atoms with Gasteiger partial charge in [-0.2, -0.15) is 0 Å². The second kappa shape index (κ2) is 7.66. The molecule has 4 nitrogen and oxygen atoms in total. The molecule has 1 rings (SSSR count). The van der Waals surface area contributed by atoms with Crippen molar-refractivity contribution in [3.05, 3.63) is 23.8 Å². The molecule has 21 heavy (non-hydrogen) atoms. The molecule has 120 valence electrons. The molecule has 0 radical (unpaired) electrons.